The third kappa shape index (κ3) is 27.7. The summed E-state index contributed by atoms with van der Waals surface area (Å²) in [6, 6.07) is 0. The summed E-state index contributed by atoms with van der Waals surface area (Å²) in [6.07, 6.45) is 24.2. The Morgan fingerprint density at radius 3 is 1.88 bits per heavy atom. The number of rotatable bonds is 30. The van der Waals surface area contributed by atoms with Crippen molar-refractivity contribution in [3.63, 3.8) is 0 Å². The van der Waals surface area contributed by atoms with Gasteiger partial charge in [-0.3, -0.25) is 14.4 Å². The summed E-state index contributed by atoms with van der Waals surface area (Å²) in [4.78, 5) is 39.6. The molecule has 0 radical (unpaired) electrons. The maximum absolute atomic E-state index is 12.9. The van der Waals surface area contributed by atoms with E-state index in [1.165, 1.54) is 82.4 Å². The molecule has 0 fully saturated rings. The first-order valence-electron chi connectivity index (χ1n) is 17.5. The van der Waals surface area contributed by atoms with Crippen molar-refractivity contribution in [2.75, 3.05) is 39.0 Å². The molecule has 0 aliphatic carbocycles. The van der Waals surface area contributed by atoms with Crippen LogP contribution >= 0.6 is 11.8 Å². The molecule has 0 bridgehead atoms. The fourth-order valence-corrected chi connectivity index (χ4v) is 5.67. The van der Waals surface area contributed by atoms with Gasteiger partial charge in [-0.2, -0.15) is 0 Å². The Morgan fingerprint density at radius 1 is 0.721 bits per heavy atom. The molecule has 1 unspecified atom stereocenters. The second kappa shape index (κ2) is 31.9. The quantitative estimate of drug-likeness (QED) is 0.0483. The number of thioether (sulfide) groups is 1. The highest BCUT2D eigenvalue weighted by atomic mass is 32.2. The number of carbonyl (C=O) groups excluding carboxylic acids is 3. The van der Waals surface area contributed by atoms with E-state index >= 15 is 0 Å². The van der Waals surface area contributed by atoms with Crippen LogP contribution in [0.25, 0.3) is 0 Å². The third-order valence-corrected chi connectivity index (χ3v) is 8.41. The zero-order chi connectivity index (χ0) is 31.8. The standard InChI is InChI=1S/C35H66N2O5S/c1-5-8-11-14-15-17-20-30-41-33(38)25-21-28-37(35(40)43-31-27-36-4)29-22-26-34(39)42-32(23-18-13-10-7-3)24-19-16-12-9-6-2/h17,20,32,36H,5-16,18-19,21-31H2,1-4H3/b20-17-. The fraction of sp³-hybridized carbons (Fsp3) is 0.857. The molecule has 0 aliphatic heterocycles. The van der Waals surface area contributed by atoms with Gasteiger partial charge in [0.15, 0.2) is 0 Å². The fourth-order valence-electron chi connectivity index (χ4n) is 4.82. The highest BCUT2D eigenvalue weighted by molar-refractivity contribution is 8.13. The summed E-state index contributed by atoms with van der Waals surface area (Å²) >= 11 is 1.27. The van der Waals surface area contributed by atoms with E-state index < -0.39 is 0 Å². The molecular formula is C35H66N2O5S. The van der Waals surface area contributed by atoms with Crippen molar-refractivity contribution in [2.45, 2.75) is 155 Å². The molecule has 1 N–H and O–H groups in total. The van der Waals surface area contributed by atoms with Crippen LogP contribution in [0.4, 0.5) is 4.79 Å². The molecule has 43 heavy (non-hydrogen) atoms. The van der Waals surface area contributed by atoms with E-state index in [-0.39, 0.29) is 29.7 Å². The molecule has 0 heterocycles. The highest BCUT2D eigenvalue weighted by Gasteiger charge is 2.18. The molecular weight excluding hydrogens is 560 g/mol. The number of carbonyl (C=O) groups is 3. The van der Waals surface area contributed by atoms with Gasteiger partial charge in [0.1, 0.15) is 12.7 Å². The summed E-state index contributed by atoms with van der Waals surface area (Å²) in [5.41, 5.74) is 0. The van der Waals surface area contributed by atoms with E-state index in [2.05, 4.69) is 32.2 Å². The van der Waals surface area contributed by atoms with Gasteiger partial charge in [-0.25, -0.2) is 0 Å². The molecule has 0 aliphatic rings. The van der Waals surface area contributed by atoms with Crippen molar-refractivity contribution in [1.82, 2.24) is 10.2 Å². The van der Waals surface area contributed by atoms with Crippen LogP contribution in [0.3, 0.4) is 0 Å². The first-order chi connectivity index (χ1) is 21.0. The van der Waals surface area contributed by atoms with Gasteiger partial charge in [0.25, 0.3) is 5.24 Å². The minimum Gasteiger partial charge on any atom is -0.462 e. The van der Waals surface area contributed by atoms with Crippen LogP contribution in [0.2, 0.25) is 0 Å². The molecule has 0 spiro atoms. The van der Waals surface area contributed by atoms with Crippen LogP contribution in [-0.2, 0) is 19.1 Å². The van der Waals surface area contributed by atoms with Crippen LogP contribution < -0.4 is 5.32 Å². The molecule has 8 heteroatoms. The van der Waals surface area contributed by atoms with Gasteiger partial charge < -0.3 is 19.7 Å². The monoisotopic (exact) mass is 626 g/mol. The number of hydrogen-bond donors (Lipinski definition) is 1. The lowest BCUT2D eigenvalue weighted by Crippen LogP contribution is -2.31. The molecule has 7 nitrogen and oxygen atoms in total. The summed E-state index contributed by atoms with van der Waals surface area (Å²) in [7, 11) is 1.87. The topological polar surface area (TPSA) is 84.9 Å². The Bertz CT molecular complexity index is 704. The molecule has 0 aromatic rings. The zero-order valence-electron chi connectivity index (χ0n) is 28.3. The molecule has 1 atom stereocenters. The van der Waals surface area contributed by atoms with Crippen LogP contribution in [0.1, 0.15) is 149 Å². The SMILES string of the molecule is CCCCCC/C=C\COC(=O)CCCN(CCCC(=O)OC(CCCCCC)CCCCCCC)C(=O)SCCNC. The van der Waals surface area contributed by atoms with Gasteiger partial charge >= 0.3 is 11.9 Å². The Morgan fingerprint density at radius 2 is 1.28 bits per heavy atom. The lowest BCUT2D eigenvalue weighted by molar-refractivity contribution is -0.150. The number of unbranched alkanes of at least 4 members (excludes halogenated alkanes) is 11. The Balaban J connectivity index is 4.62. The van der Waals surface area contributed by atoms with E-state index in [0.29, 0.717) is 44.7 Å². The molecule has 0 saturated carbocycles. The number of esters is 2. The van der Waals surface area contributed by atoms with Gasteiger partial charge in [0.05, 0.1) is 0 Å². The number of allylic oxidation sites excluding steroid dienone is 1. The van der Waals surface area contributed by atoms with Gasteiger partial charge in [-0.15, -0.1) is 0 Å². The predicted molar refractivity (Wildman–Crippen MR) is 183 cm³/mol. The summed E-state index contributed by atoms with van der Waals surface area (Å²) in [6.45, 7) is 8.63. The van der Waals surface area contributed by atoms with Crippen molar-refractivity contribution < 1.29 is 23.9 Å². The molecule has 1 amide bonds. The lowest BCUT2D eigenvalue weighted by Gasteiger charge is -2.22. The first kappa shape index (κ1) is 41.5. The second-order valence-electron chi connectivity index (χ2n) is 11.6. The lowest BCUT2D eigenvalue weighted by atomic mass is 10.0. The molecule has 0 aromatic carbocycles. The first-order valence-corrected chi connectivity index (χ1v) is 18.5. The summed E-state index contributed by atoms with van der Waals surface area (Å²) < 4.78 is 11.3. The number of hydrogen-bond acceptors (Lipinski definition) is 7. The Kier molecular flexibility index (Phi) is 30.7. The van der Waals surface area contributed by atoms with Crippen LogP contribution in [0.15, 0.2) is 12.2 Å². The van der Waals surface area contributed by atoms with Crippen molar-refractivity contribution >= 4 is 28.9 Å². The van der Waals surface area contributed by atoms with E-state index in [9.17, 15) is 14.4 Å². The predicted octanol–water partition coefficient (Wildman–Crippen LogP) is 9.23. The Hall–Kier alpha value is -1.54. The number of nitrogens with one attached hydrogen (secondary N) is 1. The van der Waals surface area contributed by atoms with Crippen molar-refractivity contribution in [1.29, 1.82) is 0 Å². The van der Waals surface area contributed by atoms with E-state index in [1.807, 2.05) is 13.1 Å². The van der Waals surface area contributed by atoms with Crippen molar-refractivity contribution in [2.24, 2.45) is 0 Å². The maximum Gasteiger partial charge on any atom is 0.306 e. The maximum atomic E-state index is 12.9. The van der Waals surface area contributed by atoms with Gasteiger partial charge in [-0.05, 0) is 58.4 Å². The number of amides is 1. The number of nitrogens with zero attached hydrogens (tertiary/aromatic N) is 1. The minimum atomic E-state index is -0.242. The van der Waals surface area contributed by atoms with E-state index in [4.69, 9.17) is 9.47 Å². The highest BCUT2D eigenvalue weighted by Crippen LogP contribution is 2.18. The second-order valence-corrected chi connectivity index (χ2v) is 12.6. The minimum absolute atomic E-state index is 0.00253. The smallest absolute Gasteiger partial charge is 0.306 e. The molecule has 0 saturated heterocycles. The van der Waals surface area contributed by atoms with Crippen LogP contribution in [0.5, 0.6) is 0 Å². The van der Waals surface area contributed by atoms with Gasteiger partial charge in [-0.1, -0.05) is 109 Å². The van der Waals surface area contributed by atoms with Crippen LogP contribution in [0, 0.1) is 0 Å². The largest absolute Gasteiger partial charge is 0.462 e. The van der Waals surface area contributed by atoms with Crippen molar-refractivity contribution in [3.05, 3.63) is 12.2 Å². The molecule has 0 aromatic heterocycles. The van der Waals surface area contributed by atoms with Gasteiger partial charge in [0.2, 0.25) is 0 Å². The summed E-state index contributed by atoms with van der Waals surface area (Å²) in [5.74, 6) is 0.277. The van der Waals surface area contributed by atoms with Crippen molar-refractivity contribution in [3.8, 4) is 0 Å². The number of ether oxygens (including phenoxy) is 2. The average Bonchev–Trinajstić information content (AvgIpc) is 2.99. The molecule has 0 rings (SSSR count). The zero-order valence-corrected chi connectivity index (χ0v) is 29.1. The van der Waals surface area contributed by atoms with E-state index in [1.54, 1.807) is 4.90 Å². The normalized spacial score (nSPS) is 12.0. The van der Waals surface area contributed by atoms with Crippen LogP contribution in [-0.4, -0.2) is 67.2 Å². The summed E-state index contributed by atoms with van der Waals surface area (Å²) in [5, 5.41) is 3.05. The van der Waals surface area contributed by atoms with E-state index in [0.717, 1.165) is 38.6 Å². The average molecular weight is 627 g/mol. The Labute approximate surface area is 269 Å². The molecule has 252 valence electrons. The van der Waals surface area contributed by atoms with Gasteiger partial charge in [0, 0.05) is 38.2 Å². The third-order valence-electron chi connectivity index (χ3n) is 7.49.